The highest BCUT2D eigenvalue weighted by atomic mass is 127. The van der Waals surface area contributed by atoms with E-state index >= 15 is 0 Å². The van der Waals surface area contributed by atoms with Gasteiger partial charge in [-0.25, -0.2) is 0 Å². The van der Waals surface area contributed by atoms with E-state index in [4.69, 9.17) is 0 Å². The monoisotopic (exact) mass is 366 g/mol. The lowest BCUT2D eigenvalue weighted by Gasteiger charge is -2.14. The summed E-state index contributed by atoms with van der Waals surface area (Å²) in [7, 11) is 0. The molecule has 17 heavy (non-hydrogen) atoms. The minimum atomic E-state index is 0. The van der Waals surface area contributed by atoms with Crippen LogP contribution >= 0.6 is 35.0 Å². The van der Waals surface area contributed by atoms with Gasteiger partial charge in [-0.3, -0.25) is 9.69 Å². The maximum absolute atomic E-state index is 11.7. The van der Waals surface area contributed by atoms with Gasteiger partial charge in [-0.2, -0.15) is 0 Å². The fourth-order valence-electron chi connectivity index (χ4n) is 1.91. The molecule has 0 aliphatic carbocycles. The van der Waals surface area contributed by atoms with Crippen LogP contribution in [0.15, 0.2) is 24.3 Å². The average molecular weight is 367 g/mol. The second-order valence-electron chi connectivity index (χ2n) is 4.04. The van der Waals surface area contributed by atoms with Crippen LogP contribution in [0, 0.1) is 3.57 Å². The predicted octanol–water partition coefficient (Wildman–Crippen LogP) is 2.75. The molecule has 1 fully saturated rings. The maximum Gasteiger partial charge on any atom is 0.238 e. The van der Waals surface area contributed by atoms with Gasteiger partial charge in [-0.05, 0) is 66.7 Å². The van der Waals surface area contributed by atoms with Gasteiger partial charge in [0.05, 0.1) is 6.54 Å². The average Bonchev–Trinajstić information content (AvgIpc) is 2.70. The summed E-state index contributed by atoms with van der Waals surface area (Å²) in [5.41, 5.74) is 0.885. The van der Waals surface area contributed by atoms with Gasteiger partial charge in [0.2, 0.25) is 5.91 Å². The van der Waals surface area contributed by atoms with Crippen molar-refractivity contribution in [2.45, 2.75) is 12.8 Å². The Morgan fingerprint density at radius 1 is 1.35 bits per heavy atom. The van der Waals surface area contributed by atoms with E-state index < -0.39 is 0 Å². The minimum Gasteiger partial charge on any atom is -0.325 e. The first-order chi connectivity index (χ1) is 7.74. The molecule has 0 unspecified atom stereocenters. The molecule has 0 saturated carbocycles. The summed E-state index contributed by atoms with van der Waals surface area (Å²) in [4.78, 5) is 13.9. The lowest BCUT2D eigenvalue weighted by molar-refractivity contribution is -0.117. The first kappa shape index (κ1) is 14.7. The van der Waals surface area contributed by atoms with Crippen molar-refractivity contribution in [2.24, 2.45) is 0 Å². The lowest BCUT2D eigenvalue weighted by atomic mass is 10.3. The summed E-state index contributed by atoms with van der Waals surface area (Å²) in [5, 5.41) is 2.92. The molecular weight excluding hydrogens is 351 g/mol. The number of halogens is 2. The SMILES string of the molecule is Cl.O=C(CN1CCCC1)Nc1cccc(I)c1. The van der Waals surface area contributed by atoms with E-state index in [1.165, 1.54) is 12.8 Å². The molecule has 1 aromatic carbocycles. The third-order valence-electron chi connectivity index (χ3n) is 2.67. The molecule has 0 bridgehead atoms. The molecule has 5 heteroatoms. The first-order valence-corrected chi connectivity index (χ1v) is 6.60. The number of hydrogen-bond donors (Lipinski definition) is 1. The van der Waals surface area contributed by atoms with Crippen molar-refractivity contribution in [3.05, 3.63) is 27.8 Å². The standard InChI is InChI=1S/C12H15IN2O.ClH/c13-10-4-3-5-11(8-10)14-12(16)9-15-6-1-2-7-15;/h3-5,8H,1-2,6-7,9H2,(H,14,16);1H. The Hall–Kier alpha value is -0.330. The van der Waals surface area contributed by atoms with Crippen molar-refractivity contribution in [1.82, 2.24) is 4.90 Å². The number of amides is 1. The quantitative estimate of drug-likeness (QED) is 0.834. The molecule has 1 aliphatic heterocycles. The molecule has 1 aromatic rings. The van der Waals surface area contributed by atoms with Crippen LogP contribution in [0.5, 0.6) is 0 Å². The van der Waals surface area contributed by atoms with Crippen molar-refractivity contribution >= 4 is 46.6 Å². The third kappa shape index (κ3) is 4.81. The fraction of sp³-hybridized carbons (Fsp3) is 0.417. The Morgan fingerprint density at radius 2 is 2.06 bits per heavy atom. The Morgan fingerprint density at radius 3 is 2.71 bits per heavy atom. The number of anilines is 1. The van der Waals surface area contributed by atoms with Gasteiger partial charge in [-0.15, -0.1) is 12.4 Å². The van der Waals surface area contributed by atoms with Crippen molar-refractivity contribution in [3.8, 4) is 0 Å². The second-order valence-corrected chi connectivity index (χ2v) is 5.29. The molecule has 0 aromatic heterocycles. The summed E-state index contributed by atoms with van der Waals surface area (Å²) < 4.78 is 1.14. The van der Waals surface area contributed by atoms with Crippen LogP contribution in [0.25, 0.3) is 0 Å². The van der Waals surface area contributed by atoms with Crippen LogP contribution in [-0.4, -0.2) is 30.4 Å². The van der Waals surface area contributed by atoms with Crippen LogP contribution in [0.4, 0.5) is 5.69 Å². The summed E-state index contributed by atoms with van der Waals surface area (Å²) in [6.45, 7) is 2.63. The van der Waals surface area contributed by atoms with E-state index in [0.717, 1.165) is 22.3 Å². The molecule has 1 saturated heterocycles. The summed E-state index contributed by atoms with van der Waals surface area (Å²) in [5.74, 6) is 0.0869. The molecule has 1 heterocycles. The molecule has 0 radical (unpaired) electrons. The first-order valence-electron chi connectivity index (χ1n) is 5.52. The third-order valence-corrected chi connectivity index (χ3v) is 3.35. The van der Waals surface area contributed by atoms with E-state index in [-0.39, 0.29) is 18.3 Å². The zero-order chi connectivity index (χ0) is 11.4. The Kier molecular flexibility index (Phi) is 6.22. The molecule has 1 N–H and O–H groups in total. The highest BCUT2D eigenvalue weighted by molar-refractivity contribution is 14.1. The largest absolute Gasteiger partial charge is 0.325 e. The van der Waals surface area contributed by atoms with Crippen LogP contribution < -0.4 is 5.32 Å². The number of nitrogens with zero attached hydrogens (tertiary/aromatic N) is 1. The van der Waals surface area contributed by atoms with Gasteiger partial charge >= 0.3 is 0 Å². The molecule has 0 atom stereocenters. The molecule has 3 nitrogen and oxygen atoms in total. The van der Waals surface area contributed by atoms with Gasteiger partial charge in [-0.1, -0.05) is 6.07 Å². The van der Waals surface area contributed by atoms with Crippen LogP contribution in [0.1, 0.15) is 12.8 Å². The van der Waals surface area contributed by atoms with E-state index in [0.29, 0.717) is 6.54 Å². The molecule has 1 aliphatic rings. The Labute approximate surface area is 122 Å². The van der Waals surface area contributed by atoms with E-state index in [1.54, 1.807) is 0 Å². The fourth-order valence-corrected chi connectivity index (χ4v) is 2.45. The highest BCUT2D eigenvalue weighted by Crippen LogP contribution is 2.13. The van der Waals surface area contributed by atoms with Gasteiger partial charge < -0.3 is 5.32 Å². The minimum absolute atomic E-state index is 0. The Bertz CT molecular complexity index is 381. The summed E-state index contributed by atoms with van der Waals surface area (Å²) in [6.07, 6.45) is 2.44. The van der Waals surface area contributed by atoms with E-state index in [2.05, 4.69) is 32.8 Å². The summed E-state index contributed by atoms with van der Waals surface area (Å²) in [6, 6.07) is 7.86. The number of carbonyl (C=O) groups excluding carboxylic acids is 1. The Balaban J connectivity index is 0.00000144. The predicted molar refractivity (Wildman–Crippen MR) is 80.7 cm³/mol. The summed E-state index contributed by atoms with van der Waals surface area (Å²) >= 11 is 2.24. The molecule has 2 rings (SSSR count). The van der Waals surface area contributed by atoms with Gasteiger partial charge in [0.25, 0.3) is 0 Å². The van der Waals surface area contributed by atoms with E-state index in [1.807, 2.05) is 24.3 Å². The number of nitrogens with one attached hydrogen (secondary N) is 1. The van der Waals surface area contributed by atoms with Crippen LogP contribution in [0.3, 0.4) is 0 Å². The number of hydrogen-bond acceptors (Lipinski definition) is 2. The molecule has 0 spiro atoms. The van der Waals surface area contributed by atoms with E-state index in [9.17, 15) is 4.79 Å². The zero-order valence-corrected chi connectivity index (χ0v) is 12.5. The number of carbonyl (C=O) groups is 1. The highest BCUT2D eigenvalue weighted by Gasteiger charge is 2.14. The zero-order valence-electron chi connectivity index (χ0n) is 9.49. The molecule has 1 amide bonds. The molecular formula is C12H16ClIN2O. The number of rotatable bonds is 3. The van der Waals surface area contributed by atoms with Gasteiger partial charge in [0.1, 0.15) is 0 Å². The second kappa shape index (κ2) is 7.18. The topological polar surface area (TPSA) is 32.3 Å². The van der Waals surface area contributed by atoms with Crippen LogP contribution in [0.2, 0.25) is 0 Å². The smallest absolute Gasteiger partial charge is 0.238 e. The lowest BCUT2D eigenvalue weighted by Crippen LogP contribution is -2.30. The maximum atomic E-state index is 11.7. The number of benzene rings is 1. The normalized spacial score (nSPS) is 15.4. The van der Waals surface area contributed by atoms with Crippen molar-refractivity contribution in [2.75, 3.05) is 25.0 Å². The van der Waals surface area contributed by atoms with Crippen molar-refractivity contribution < 1.29 is 4.79 Å². The van der Waals surface area contributed by atoms with Crippen molar-refractivity contribution in [1.29, 1.82) is 0 Å². The molecule has 94 valence electrons. The van der Waals surface area contributed by atoms with Gasteiger partial charge in [0, 0.05) is 9.26 Å². The van der Waals surface area contributed by atoms with Crippen molar-refractivity contribution in [3.63, 3.8) is 0 Å². The van der Waals surface area contributed by atoms with Gasteiger partial charge in [0.15, 0.2) is 0 Å². The van der Waals surface area contributed by atoms with Crippen LogP contribution in [-0.2, 0) is 4.79 Å². The number of likely N-dealkylation sites (tertiary alicyclic amines) is 1.